The van der Waals surface area contributed by atoms with Crippen LogP contribution in [-0.2, 0) is 9.59 Å². The van der Waals surface area contributed by atoms with Crippen LogP contribution in [0, 0.1) is 10.8 Å². The first-order chi connectivity index (χ1) is 13.0. The van der Waals surface area contributed by atoms with Gasteiger partial charge in [0.25, 0.3) is 0 Å². The number of anilines is 2. The van der Waals surface area contributed by atoms with E-state index in [0.29, 0.717) is 0 Å². The topological polar surface area (TPSA) is 40.6 Å². The molecule has 4 nitrogen and oxygen atoms in total. The second-order valence-electron chi connectivity index (χ2n) is 9.34. The summed E-state index contributed by atoms with van der Waals surface area (Å²) in [6.45, 7) is 13.6. The van der Waals surface area contributed by atoms with Gasteiger partial charge in [-0.3, -0.25) is 9.59 Å². The molecule has 28 heavy (non-hydrogen) atoms. The summed E-state index contributed by atoms with van der Waals surface area (Å²) in [6, 6.07) is 8.26. The predicted octanol–water partition coefficient (Wildman–Crippen LogP) is 5.11. The highest BCUT2D eigenvalue weighted by Crippen LogP contribution is 2.42. The number of ketones is 2. The van der Waals surface area contributed by atoms with Crippen LogP contribution in [0.15, 0.2) is 47.8 Å². The van der Waals surface area contributed by atoms with Gasteiger partial charge in [0.05, 0.1) is 11.4 Å². The third kappa shape index (κ3) is 3.78. The van der Waals surface area contributed by atoms with Crippen LogP contribution in [0.2, 0.25) is 0 Å². The van der Waals surface area contributed by atoms with Gasteiger partial charge >= 0.3 is 0 Å². The zero-order valence-corrected chi connectivity index (χ0v) is 18.0. The maximum Gasteiger partial charge on any atom is 0.157 e. The second kappa shape index (κ2) is 7.23. The Balaban J connectivity index is 2.04. The third-order valence-corrected chi connectivity index (χ3v) is 6.24. The number of carbonyl (C=O) groups is 2. The van der Waals surface area contributed by atoms with Crippen molar-refractivity contribution in [2.45, 2.75) is 54.4 Å². The highest BCUT2D eigenvalue weighted by molar-refractivity contribution is 5.96. The summed E-state index contributed by atoms with van der Waals surface area (Å²) in [4.78, 5) is 28.8. The average molecular weight is 381 g/mol. The summed E-state index contributed by atoms with van der Waals surface area (Å²) in [5.41, 5.74) is 3.69. The number of rotatable bonds is 4. The van der Waals surface area contributed by atoms with Gasteiger partial charge in [-0.1, -0.05) is 39.8 Å². The fraction of sp³-hybridized carbons (Fsp3) is 0.500. The number of para-hydroxylation sites is 2. The molecule has 0 aliphatic carbocycles. The maximum atomic E-state index is 12.2. The lowest BCUT2D eigenvalue weighted by Crippen LogP contribution is -2.37. The van der Waals surface area contributed by atoms with Crippen LogP contribution in [0.3, 0.4) is 0 Å². The van der Waals surface area contributed by atoms with Crippen molar-refractivity contribution >= 4 is 22.9 Å². The summed E-state index contributed by atoms with van der Waals surface area (Å²) in [6.07, 6.45) is 5.89. The largest absolute Gasteiger partial charge is 0.346 e. The Bertz CT molecular complexity index is 790. The summed E-state index contributed by atoms with van der Waals surface area (Å²) in [7, 11) is 0. The van der Waals surface area contributed by atoms with E-state index in [4.69, 9.17) is 0 Å². The first-order valence-corrected chi connectivity index (χ1v) is 10.1. The van der Waals surface area contributed by atoms with E-state index in [0.717, 1.165) is 48.5 Å². The minimum atomic E-state index is -0.103. The predicted molar refractivity (Wildman–Crippen MR) is 115 cm³/mol. The van der Waals surface area contributed by atoms with Gasteiger partial charge in [-0.2, -0.15) is 0 Å². The van der Waals surface area contributed by atoms with E-state index in [1.807, 2.05) is 24.5 Å². The lowest BCUT2D eigenvalue weighted by molar-refractivity contribution is -0.115. The zero-order valence-electron chi connectivity index (χ0n) is 18.0. The van der Waals surface area contributed by atoms with Crippen LogP contribution in [0.25, 0.3) is 0 Å². The first-order valence-electron chi connectivity index (χ1n) is 10.1. The molecular formula is C24H32N2O2. The normalized spacial score (nSPS) is 21.1. The van der Waals surface area contributed by atoms with Gasteiger partial charge in [-0.05, 0) is 49.7 Å². The number of carbonyl (C=O) groups excluding carboxylic acids is 2. The van der Waals surface area contributed by atoms with Crippen LogP contribution in [0.5, 0.6) is 0 Å². The van der Waals surface area contributed by atoms with E-state index < -0.39 is 0 Å². The van der Waals surface area contributed by atoms with Crippen molar-refractivity contribution in [2.75, 3.05) is 22.9 Å². The molecule has 3 rings (SSSR count). The van der Waals surface area contributed by atoms with Gasteiger partial charge < -0.3 is 9.80 Å². The molecule has 2 heterocycles. The molecule has 0 unspecified atom stereocenters. The highest BCUT2D eigenvalue weighted by atomic mass is 16.1. The summed E-state index contributed by atoms with van der Waals surface area (Å²) < 4.78 is 0. The van der Waals surface area contributed by atoms with Crippen molar-refractivity contribution in [1.29, 1.82) is 0 Å². The summed E-state index contributed by atoms with van der Waals surface area (Å²) in [5.74, 6) is 0.260. The van der Waals surface area contributed by atoms with Crippen LogP contribution in [0.4, 0.5) is 11.4 Å². The molecule has 0 fully saturated rings. The molecule has 0 amide bonds. The van der Waals surface area contributed by atoms with Gasteiger partial charge in [-0.25, -0.2) is 0 Å². The van der Waals surface area contributed by atoms with E-state index >= 15 is 0 Å². The van der Waals surface area contributed by atoms with Crippen molar-refractivity contribution in [3.8, 4) is 0 Å². The standard InChI is InChI=1S/C24H32N2O2/c1-17(27)19-15-25(13-11-23(19,3)4)21-9-7-8-10-22(21)26-14-12-24(5,6)20(16-26)18(2)28/h7-10,15-16H,11-14H2,1-6H3. The summed E-state index contributed by atoms with van der Waals surface area (Å²) >= 11 is 0. The smallest absolute Gasteiger partial charge is 0.157 e. The minimum absolute atomic E-state index is 0.103. The molecule has 0 saturated heterocycles. The fourth-order valence-corrected chi connectivity index (χ4v) is 4.32. The van der Waals surface area contributed by atoms with Gasteiger partial charge in [0.1, 0.15) is 0 Å². The number of nitrogens with zero attached hydrogens (tertiary/aromatic N) is 2. The SMILES string of the molecule is CC(=O)C1=CN(c2ccccc2N2C=C(C(C)=O)C(C)(C)CC2)CCC1(C)C. The van der Waals surface area contributed by atoms with E-state index in [9.17, 15) is 9.59 Å². The molecule has 4 heteroatoms. The lowest BCUT2D eigenvalue weighted by atomic mass is 9.77. The Hall–Kier alpha value is -2.36. The van der Waals surface area contributed by atoms with Crippen molar-refractivity contribution < 1.29 is 9.59 Å². The zero-order chi connectivity index (χ0) is 20.7. The molecule has 0 bridgehead atoms. The highest BCUT2D eigenvalue weighted by Gasteiger charge is 2.34. The monoisotopic (exact) mass is 380 g/mol. The van der Waals surface area contributed by atoms with E-state index in [2.05, 4.69) is 49.6 Å². The van der Waals surface area contributed by atoms with Gasteiger partial charge in [-0.15, -0.1) is 0 Å². The average Bonchev–Trinajstić information content (AvgIpc) is 2.61. The third-order valence-electron chi connectivity index (χ3n) is 6.24. The second-order valence-corrected chi connectivity index (χ2v) is 9.34. The molecule has 150 valence electrons. The number of Topliss-reactive ketones (excluding diaryl/α,β-unsaturated/α-hetero) is 2. The van der Waals surface area contributed by atoms with E-state index in [1.54, 1.807) is 13.8 Å². The van der Waals surface area contributed by atoms with Gasteiger partial charge in [0.15, 0.2) is 11.6 Å². The lowest BCUT2D eigenvalue weighted by Gasteiger charge is -2.40. The fourth-order valence-electron chi connectivity index (χ4n) is 4.32. The number of hydrogen-bond donors (Lipinski definition) is 0. The first kappa shape index (κ1) is 20.4. The molecule has 1 aromatic rings. The molecule has 0 saturated carbocycles. The van der Waals surface area contributed by atoms with Crippen molar-refractivity contribution in [3.63, 3.8) is 0 Å². The molecule has 1 aromatic carbocycles. The Morgan fingerprint density at radius 2 is 1.11 bits per heavy atom. The van der Waals surface area contributed by atoms with Crippen molar-refractivity contribution in [1.82, 2.24) is 0 Å². The number of hydrogen-bond acceptors (Lipinski definition) is 4. The maximum absolute atomic E-state index is 12.2. The van der Waals surface area contributed by atoms with Gasteiger partial charge in [0.2, 0.25) is 0 Å². The molecule has 2 aliphatic rings. The van der Waals surface area contributed by atoms with E-state index in [-0.39, 0.29) is 22.4 Å². The Morgan fingerprint density at radius 3 is 1.43 bits per heavy atom. The van der Waals surface area contributed by atoms with Gasteiger partial charge in [0, 0.05) is 36.6 Å². The molecule has 0 aromatic heterocycles. The Morgan fingerprint density at radius 1 is 0.750 bits per heavy atom. The molecular weight excluding hydrogens is 348 g/mol. The quantitative estimate of drug-likeness (QED) is 0.728. The molecule has 0 atom stereocenters. The number of benzene rings is 1. The molecule has 0 radical (unpaired) electrons. The van der Waals surface area contributed by atoms with Crippen LogP contribution in [-0.4, -0.2) is 24.7 Å². The van der Waals surface area contributed by atoms with Crippen LogP contribution < -0.4 is 9.80 Å². The number of allylic oxidation sites excluding steroid dienone is 2. The Labute approximate surface area is 168 Å². The summed E-state index contributed by atoms with van der Waals surface area (Å²) in [5, 5.41) is 0. The molecule has 2 aliphatic heterocycles. The minimum Gasteiger partial charge on any atom is -0.346 e. The van der Waals surface area contributed by atoms with Crippen molar-refractivity contribution in [2.24, 2.45) is 10.8 Å². The molecule has 0 spiro atoms. The van der Waals surface area contributed by atoms with Crippen molar-refractivity contribution in [3.05, 3.63) is 47.8 Å². The Kier molecular flexibility index (Phi) is 5.26. The molecule has 0 N–H and O–H groups in total. The van der Waals surface area contributed by atoms with Crippen LogP contribution >= 0.6 is 0 Å². The van der Waals surface area contributed by atoms with E-state index in [1.165, 1.54) is 0 Å². The van der Waals surface area contributed by atoms with Crippen LogP contribution in [0.1, 0.15) is 54.4 Å².